The standard InChI is InChI=1S/C12H10FN3O3/c1-7-5-10(17)14-12(18)16(7)11(15-19)8-3-2-4-9(13)6-8/h2-6,19H,1H3,(H,14,17,18)/b15-11-. The van der Waals surface area contributed by atoms with Crippen LogP contribution in [0.1, 0.15) is 11.3 Å². The zero-order valence-corrected chi connectivity index (χ0v) is 9.92. The van der Waals surface area contributed by atoms with Crippen LogP contribution in [0.5, 0.6) is 0 Å². The molecule has 0 amide bonds. The molecule has 2 N–H and O–H groups in total. The van der Waals surface area contributed by atoms with E-state index in [-0.39, 0.29) is 17.1 Å². The zero-order valence-electron chi connectivity index (χ0n) is 9.92. The molecule has 98 valence electrons. The van der Waals surface area contributed by atoms with Gasteiger partial charge in [0.25, 0.3) is 5.56 Å². The van der Waals surface area contributed by atoms with Gasteiger partial charge >= 0.3 is 5.69 Å². The zero-order chi connectivity index (χ0) is 14.0. The maximum absolute atomic E-state index is 13.2. The first-order chi connectivity index (χ1) is 9.02. The molecule has 0 aliphatic heterocycles. The Morgan fingerprint density at radius 1 is 1.37 bits per heavy atom. The third kappa shape index (κ3) is 2.44. The fraction of sp³-hybridized carbons (Fsp3) is 0.0833. The second kappa shape index (κ2) is 4.89. The number of aromatic nitrogens is 2. The first-order valence-corrected chi connectivity index (χ1v) is 5.34. The minimum atomic E-state index is -0.762. The summed E-state index contributed by atoms with van der Waals surface area (Å²) in [6.07, 6.45) is 0. The van der Waals surface area contributed by atoms with E-state index in [2.05, 4.69) is 5.16 Å². The lowest BCUT2D eigenvalue weighted by Crippen LogP contribution is -2.36. The van der Waals surface area contributed by atoms with Crippen LogP contribution in [0, 0.1) is 12.7 Å². The number of hydrogen-bond acceptors (Lipinski definition) is 4. The maximum atomic E-state index is 13.2. The molecular formula is C12H10FN3O3. The second-order valence-corrected chi connectivity index (χ2v) is 3.85. The van der Waals surface area contributed by atoms with Crippen LogP contribution < -0.4 is 11.2 Å². The van der Waals surface area contributed by atoms with Crippen molar-refractivity contribution >= 4 is 5.84 Å². The number of hydrogen-bond donors (Lipinski definition) is 2. The second-order valence-electron chi connectivity index (χ2n) is 3.85. The van der Waals surface area contributed by atoms with Gasteiger partial charge in [-0.25, -0.2) is 13.8 Å². The van der Waals surface area contributed by atoms with E-state index in [9.17, 15) is 14.0 Å². The molecule has 0 aliphatic rings. The van der Waals surface area contributed by atoms with Crippen LogP contribution in [0.4, 0.5) is 4.39 Å². The molecule has 0 saturated heterocycles. The fourth-order valence-electron chi connectivity index (χ4n) is 1.73. The molecule has 0 unspecified atom stereocenters. The normalized spacial score (nSPS) is 11.6. The van der Waals surface area contributed by atoms with E-state index in [1.54, 1.807) is 0 Å². The average Bonchev–Trinajstić information content (AvgIpc) is 2.33. The molecule has 1 aromatic heterocycles. The summed E-state index contributed by atoms with van der Waals surface area (Å²) in [5.41, 5.74) is -0.845. The minimum Gasteiger partial charge on any atom is -0.409 e. The van der Waals surface area contributed by atoms with Crippen LogP contribution in [0.3, 0.4) is 0 Å². The first-order valence-electron chi connectivity index (χ1n) is 5.34. The molecule has 0 spiro atoms. The number of rotatable bonds is 1. The Hall–Kier alpha value is -2.70. The van der Waals surface area contributed by atoms with Gasteiger partial charge in [0.15, 0.2) is 5.84 Å². The molecule has 1 aromatic carbocycles. The summed E-state index contributed by atoms with van der Waals surface area (Å²) < 4.78 is 14.1. The van der Waals surface area contributed by atoms with Gasteiger partial charge < -0.3 is 5.21 Å². The minimum absolute atomic E-state index is 0.168. The van der Waals surface area contributed by atoms with Gasteiger partial charge in [0.05, 0.1) is 0 Å². The molecule has 0 saturated carbocycles. The number of nitrogens with zero attached hydrogens (tertiary/aromatic N) is 2. The summed E-state index contributed by atoms with van der Waals surface area (Å²) in [5.74, 6) is -0.702. The Balaban J connectivity index is 2.69. The molecule has 1 heterocycles. The van der Waals surface area contributed by atoms with Crippen LogP contribution in [0.15, 0.2) is 45.1 Å². The predicted octanol–water partition coefficient (Wildman–Crippen LogP) is 0.668. The van der Waals surface area contributed by atoms with Gasteiger partial charge in [-0.1, -0.05) is 17.3 Å². The number of oxime groups is 1. The van der Waals surface area contributed by atoms with Crippen molar-refractivity contribution in [2.45, 2.75) is 6.92 Å². The van der Waals surface area contributed by atoms with E-state index in [0.29, 0.717) is 0 Å². The maximum Gasteiger partial charge on any atom is 0.334 e. The Bertz CT molecular complexity index is 761. The fourth-order valence-corrected chi connectivity index (χ4v) is 1.73. The van der Waals surface area contributed by atoms with Gasteiger partial charge in [-0.15, -0.1) is 0 Å². The molecule has 0 atom stereocenters. The van der Waals surface area contributed by atoms with Gasteiger partial charge in [0.2, 0.25) is 0 Å². The Kier molecular flexibility index (Phi) is 3.28. The highest BCUT2D eigenvalue weighted by molar-refractivity contribution is 6.00. The van der Waals surface area contributed by atoms with Crippen molar-refractivity contribution in [1.29, 1.82) is 0 Å². The molecule has 0 fully saturated rings. The molecule has 2 rings (SSSR count). The monoisotopic (exact) mass is 263 g/mol. The summed E-state index contributed by atoms with van der Waals surface area (Å²) in [5, 5.41) is 12.1. The topological polar surface area (TPSA) is 87.5 Å². The van der Waals surface area contributed by atoms with E-state index in [4.69, 9.17) is 5.21 Å². The molecule has 0 radical (unpaired) electrons. The van der Waals surface area contributed by atoms with E-state index in [1.807, 2.05) is 4.98 Å². The van der Waals surface area contributed by atoms with Gasteiger partial charge in [-0.05, 0) is 19.1 Å². The highest BCUT2D eigenvalue weighted by atomic mass is 19.1. The SMILES string of the molecule is Cc1cc(=O)[nH]c(=O)n1/C(=N\O)c1cccc(F)c1. The molecule has 0 aliphatic carbocycles. The Morgan fingerprint density at radius 3 is 2.68 bits per heavy atom. The van der Waals surface area contributed by atoms with Crippen LogP contribution in [0.2, 0.25) is 0 Å². The first kappa shape index (κ1) is 12.7. The van der Waals surface area contributed by atoms with Crippen molar-refractivity contribution in [2.75, 3.05) is 0 Å². The van der Waals surface area contributed by atoms with Crippen molar-refractivity contribution in [1.82, 2.24) is 9.55 Å². The van der Waals surface area contributed by atoms with Crippen molar-refractivity contribution in [3.05, 3.63) is 68.2 Å². The lowest BCUT2D eigenvalue weighted by molar-refractivity contribution is 0.317. The quantitative estimate of drug-likeness (QED) is 0.343. The molecule has 6 nitrogen and oxygen atoms in total. The van der Waals surface area contributed by atoms with Crippen molar-refractivity contribution < 1.29 is 9.60 Å². The summed E-state index contributed by atoms with van der Waals surface area (Å²) >= 11 is 0. The number of nitrogens with one attached hydrogen (secondary N) is 1. The molecule has 0 bridgehead atoms. The van der Waals surface area contributed by atoms with Crippen LogP contribution >= 0.6 is 0 Å². The van der Waals surface area contributed by atoms with Gasteiger partial charge in [0, 0.05) is 17.3 Å². The highest BCUT2D eigenvalue weighted by Crippen LogP contribution is 2.07. The number of H-pyrrole nitrogens is 1. The third-order valence-electron chi connectivity index (χ3n) is 2.52. The average molecular weight is 263 g/mol. The summed E-state index contributed by atoms with van der Waals surface area (Å²) in [6.45, 7) is 1.50. The number of benzene rings is 1. The summed E-state index contributed by atoms with van der Waals surface area (Å²) in [4.78, 5) is 24.9. The highest BCUT2D eigenvalue weighted by Gasteiger charge is 2.13. The largest absolute Gasteiger partial charge is 0.409 e. The molecule has 19 heavy (non-hydrogen) atoms. The lowest BCUT2D eigenvalue weighted by Gasteiger charge is -2.10. The summed E-state index contributed by atoms with van der Waals surface area (Å²) in [7, 11) is 0. The number of aryl methyl sites for hydroxylation is 1. The Morgan fingerprint density at radius 2 is 2.11 bits per heavy atom. The van der Waals surface area contributed by atoms with E-state index >= 15 is 0 Å². The Labute approximate surface area is 106 Å². The van der Waals surface area contributed by atoms with Crippen LogP contribution in [0.25, 0.3) is 0 Å². The summed E-state index contributed by atoms with van der Waals surface area (Å²) in [6, 6.07) is 6.41. The molecule has 7 heteroatoms. The van der Waals surface area contributed by atoms with Crippen LogP contribution in [-0.4, -0.2) is 20.6 Å². The van der Waals surface area contributed by atoms with E-state index in [0.717, 1.165) is 10.6 Å². The van der Waals surface area contributed by atoms with Crippen molar-refractivity contribution in [2.24, 2.45) is 5.16 Å². The number of aromatic amines is 1. The van der Waals surface area contributed by atoms with Crippen molar-refractivity contribution in [3.63, 3.8) is 0 Å². The molecular weight excluding hydrogens is 253 g/mol. The van der Waals surface area contributed by atoms with Crippen molar-refractivity contribution in [3.8, 4) is 0 Å². The van der Waals surface area contributed by atoms with E-state index < -0.39 is 17.1 Å². The van der Waals surface area contributed by atoms with Gasteiger partial charge in [0.1, 0.15) is 5.82 Å². The van der Waals surface area contributed by atoms with Gasteiger partial charge in [-0.2, -0.15) is 0 Å². The van der Waals surface area contributed by atoms with Gasteiger partial charge in [-0.3, -0.25) is 9.78 Å². The number of halogens is 1. The predicted molar refractivity (Wildman–Crippen MR) is 66.2 cm³/mol. The lowest BCUT2D eigenvalue weighted by atomic mass is 10.2. The smallest absolute Gasteiger partial charge is 0.334 e. The molecule has 2 aromatic rings. The van der Waals surface area contributed by atoms with E-state index in [1.165, 1.54) is 31.2 Å². The van der Waals surface area contributed by atoms with Crippen LogP contribution in [-0.2, 0) is 0 Å². The third-order valence-corrected chi connectivity index (χ3v) is 2.52.